The molecule has 0 radical (unpaired) electrons. The number of hydrogen-bond acceptors (Lipinski definition) is 31. The predicted octanol–water partition coefficient (Wildman–Crippen LogP) is 16.0. The number of nitrogens with two attached hydrogens (primary N) is 1. The van der Waals surface area contributed by atoms with Gasteiger partial charge in [0.1, 0.15) is 95.1 Å². The second kappa shape index (κ2) is 53.4. The highest BCUT2D eigenvalue weighted by Crippen LogP contribution is 2.49. The smallest absolute Gasteiger partial charge is 0.310 e. The third-order valence-electron chi connectivity index (χ3n) is 28.1. The number of halogens is 6. The number of carbonyl (C=O) groups is 5. The van der Waals surface area contributed by atoms with E-state index in [2.05, 4.69) is 132 Å². The number of fused-ring (bicyclic) bond motifs is 2. The highest BCUT2D eigenvalue weighted by atomic mass is 35.5. The monoisotopic (exact) mass is 2190 g/mol. The van der Waals surface area contributed by atoms with E-state index in [1.165, 1.54) is 17.7 Å². The van der Waals surface area contributed by atoms with Crippen LogP contribution >= 0.6 is 46.4 Å². The number of aromatic nitrogens is 6. The van der Waals surface area contributed by atoms with Crippen molar-refractivity contribution in [1.82, 2.24) is 29.1 Å². The first-order valence-corrected chi connectivity index (χ1v) is 53.8. The maximum atomic E-state index is 14.2. The molecule has 150 heavy (non-hydrogen) atoms. The number of esters is 5. The number of ether oxygens (including phenoxy) is 14. The van der Waals surface area contributed by atoms with Gasteiger partial charge in [-0.05, 0) is 154 Å². The number of nitrogen functional groups attached to an aromatic ring is 1. The van der Waals surface area contributed by atoms with Crippen molar-refractivity contribution >= 4 is 112 Å². The molecule has 830 valence electrons. The summed E-state index contributed by atoms with van der Waals surface area (Å²) < 4.78 is 107. The lowest BCUT2D eigenvalue weighted by molar-refractivity contribution is -0.179. The molecule has 9 aliphatic rings. The Labute approximate surface area is 904 Å². The summed E-state index contributed by atoms with van der Waals surface area (Å²) in [4.78, 5) is 71.7. The van der Waals surface area contributed by atoms with Crippen LogP contribution in [0, 0.1) is 151 Å². The van der Waals surface area contributed by atoms with Crippen molar-refractivity contribution < 1.29 is 135 Å². The van der Waals surface area contributed by atoms with Crippen LogP contribution in [0.1, 0.15) is 289 Å². The van der Waals surface area contributed by atoms with Crippen LogP contribution < -0.4 is 5.73 Å². The summed E-state index contributed by atoms with van der Waals surface area (Å²) >= 11 is 23.4. The molecule has 0 saturated carbocycles. The van der Waals surface area contributed by atoms with Crippen LogP contribution in [0.25, 0.3) is 22.1 Å². The average molecular weight is 2200 g/mol. The van der Waals surface area contributed by atoms with Crippen molar-refractivity contribution in [3.05, 3.63) is 39.7 Å². The van der Waals surface area contributed by atoms with Crippen molar-refractivity contribution in [3.63, 3.8) is 0 Å². The zero-order valence-corrected chi connectivity index (χ0v) is 95.3. The number of nitrogens with zero attached hydrogens (tertiary/aromatic N) is 6. The standard InChI is InChI=1S/C23H42O5Si.C15H14Cl2FN3O.C14H22O5.C13H12ClFN4O3.C11H16O3.C9H13ClO.C9H14O2.C9H12O2.C7H8O4/c1-16(2)29(17(3)4,18(5)6)13-12-23(15-26-22(10,11)28-23)19(24)14-20(25)27-21(7,8)9;1-4-15(5-2)8(3)6-10(22-15)21-7-9(18)11-12(16)19-14(17)20-13(11)21;1-7-14(9-17-13(5,6)19-14)10(15)8-11(16)18-12(2,3)4;1-2-13(5-20)7(21)3-8(22-13)19-4-6(15)9-10(16)17-12(14)18-11(9)19;1-5-11(6-2)8(3)7-10(14-11)13-9(4)12;3*1-4-9(5-2)7(3)6-8(10)11-9;1-2-7(4-8)5(9)3-6(10)11-7/h16-19,24H,14-15H2,1-11H3;1,7-8,10H,5-6H2,2-3H3;1,10,15H,8-9H2,2-6H3;1,4,7-8,20-21H,3,5H2,(H2,16,17,18);1,8,10H,6-7H2,2-4H3;1,7-8H,5-6H2,2-3H3;1,7-8,10H,5-6H2,2-3H3;1,7H,5-6H2,2-3H3;1,5,8-9H,3-4H2/t19-,23+;8-,10+,15+;10-,14+;7-,8+,13+;8-,10?,11+;2*7-,8?,9+;7-,9+;5-,7+/m000000000/s1. The van der Waals surface area contributed by atoms with E-state index >= 15 is 0 Å². The van der Waals surface area contributed by atoms with Crippen molar-refractivity contribution in [2.75, 3.05) is 32.2 Å². The number of terminal acetylenes is 8. The van der Waals surface area contributed by atoms with E-state index < -0.39 is 173 Å². The first-order valence-electron chi connectivity index (χ1n) is 50.0. The first kappa shape index (κ1) is 131. The molecule has 13 rings (SSSR count). The van der Waals surface area contributed by atoms with E-state index in [0.717, 1.165) is 31.9 Å². The van der Waals surface area contributed by atoms with Crippen LogP contribution in [0.3, 0.4) is 0 Å². The lowest BCUT2D eigenvalue weighted by Crippen LogP contribution is -2.48. The third-order valence-corrected chi connectivity index (χ3v) is 35.3. The second-order valence-electron chi connectivity index (χ2n) is 42.4. The van der Waals surface area contributed by atoms with Crippen molar-refractivity contribution in [3.8, 4) is 110 Å². The van der Waals surface area contributed by atoms with E-state index in [0.29, 0.717) is 66.7 Å². The Kier molecular flexibility index (Phi) is 46.8. The van der Waals surface area contributed by atoms with Gasteiger partial charge in [-0.25, -0.2) is 18.7 Å². The Bertz CT molecular complexity index is 5520. The molecule has 9 N–H and O–H groups in total. The minimum absolute atomic E-state index is 0.00435. The van der Waals surface area contributed by atoms with E-state index in [9.17, 15) is 58.3 Å². The molecule has 0 amide bonds. The Morgan fingerprint density at radius 3 is 1.23 bits per heavy atom. The molecule has 0 bridgehead atoms. The topological polar surface area (TPSA) is 444 Å². The lowest BCUT2D eigenvalue weighted by atomic mass is 9.87. The van der Waals surface area contributed by atoms with Crippen LogP contribution in [0.4, 0.5) is 14.6 Å². The van der Waals surface area contributed by atoms with Gasteiger partial charge in [0.15, 0.2) is 63.2 Å². The van der Waals surface area contributed by atoms with Gasteiger partial charge < -0.3 is 117 Å². The Morgan fingerprint density at radius 2 is 0.907 bits per heavy atom. The molecular formula is C110H153Cl4F2N7O26Si. The molecule has 9 fully saturated rings. The van der Waals surface area contributed by atoms with Gasteiger partial charge in [0.25, 0.3) is 0 Å². The Balaban J connectivity index is 0.000000303. The molecule has 40 heteroatoms. The molecule has 9 saturated heterocycles. The summed E-state index contributed by atoms with van der Waals surface area (Å²) in [5.74, 6) is 19.4. The number of carbonyl (C=O) groups excluding carboxylic acids is 5. The number of cyclic esters (lactones) is 2. The molecule has 23 atom stereocenters. The SMILES string of the molecule is C#C[C@]1(CC)OC(=O)C[C@@H]1C.C#C[C@]1(CC)OC(Cl)C[C@@H]1C.C#C[C@]1(CC)OC(O)C[C@@H]1C.C#C[C@]1(CC)OC(OC(C)=O)C[C@@H]1C.C#C[C@]1(CC)O[C@@H](n2cc(F)c3c(Cl)nc(Cl)nc32)C[C@@H]1C.C#C[C@]1(CO)OC(=O)C[C@@H]1O.C#C[C@]1(CO)O[C@@H](n2cc(F)c3c(N)nc(Cl)nc32)C[C@@H]1O.C#C[C@]1([C@@H](O)CC(=O)OC(C)(C)C)COC(C)(C)O1.CC(C)[Si](C#C[C@]1([C@@H](O)CC(=O)OC(C)(C)C)COC(C)(C)O1)(C(C)C)C(C)C. The zero-order chi connectivity index (χ0) is 115. The number of aliphatic hydroxyl groups is 7. The lowest BCUT2D eigenvalue weighted by Gasteiger charge is -2.39. The number of aliphatic hydroxyl groups excluding tert-OH is 7. The van der Waals surface area contributed by atoms with Gasteiger partial charge in [0.05, 0.1) is 62.9 Å². The molecule has 13 heterocycles. The predicted molar refractivity (Wildman–Crippen MR) is 566 cm³/mol. The summed E-state index contributed by atoms with van der Waals surface area (Å²) in [5.41, 5.74) is 1.32. The maximum Gasteiger partial charge on any atom is 0.310 e. The fourth-order valence-electron chi connectivity index (χ4n) is 19.3. The van der Waals surface area contributed by atoms with Crippen molar-refractivity contribution in [2.45, 2.75) is 422 Å². The summed E-state index contributed by atoms with van der Waals surface area (Å²) in [5, 5.41) is 67.6. The molecular weight excluding hydrogens is 2040 g/mol. The number of anilines is 1. The highest BCUT2D eigenvalue weighted by Gasteiger charge is 2.56. The van der Waals surface area contributed by atoms with Gasteiger partial charge in [-0.1, -0.05) is 187 Å². The first-order chi connectivity index (χ1) is 69.4. The van der Waals surface area contributed by atoms with Crippen molar-refractivity contribution in [1.29, 1.82) is 0 Å². The van der Waals surface area contributed by atoms with Crippen LogP contribution in [-0.2, 0) is 90.3 Å². The van der Waals surface area contributed by atoms with Crippen LogP contribution in [-0.4, -0.2) is 245 Å². The van der Waals surface area contributed by atoms with Gasteiger partial charge in [-0.3, -0.25) is 24.0 Å². The number of alkyl halides is 1. The summed E-state index contributed by atoms with van der Waals surface area (Å²) in [7, 11) is -2.04. The van der Waals surface area contributed by atoms with E-state index in [1.807, 2.05) is 62.3 Å². The fourth-order valence-corrected chi connectivity index (χ4v) is 25.6. The number of rotatable bonds is 19. The second-order valence-corrected chi connectivity index (χ2v) is 49.5. The largest absolute Gasteiger partial charge is 0.460 e. The van der Waals surface area contributed by atoms with Crippen LogP contribution in [0.15, 0.2) is 12.4 Å². The molecule has 0 spiro atoms. The van der Waals surface area contributed by atoms with Gasteiger partial charge >= 0.3 is 29.8 Å². The maximum absolute atomic E-state index is 14.2. The summed E-state index contributed by atoms with van der Waals surface area (Å²) in [6.45, 7) is 51.5. The minimum Gasteiger partial charge on any atom is -0.460 e. The van der Waals surface area contributed by atoms with Gasteiger partial charge in [0.2, 0.25) is 22.5 Å². The molecule has 9 aliphatic heterocycles. The van der Waals surface area contributed by atoms with Gasteiger partial charge in [-0.15, -0.1) is 56.9 Å². The van der Waals surface area contributed by atoms with Crippen LogP contribution in [0.5, 0.6) is 0 Å². The minimum atomic E-state index is -2.04. The Hall–Kier alpha value is -8.97. The Morgan fingerprint density at radius 1 is 0.520 bits per heavy atom. The average Bonchev–Trinajstić information content (AvgIpc) is 1.60. The summed E-state index contributed by atoms with van der Waals surface area (Å²) in [6.07, 6.45) is 44.9. The molecule has 33 nitrogen and oxygen atoms in total. The van der Waals surface area contributed by atoms with Crippen molar-refractivity contribution in [2.24, 2.45) is 29.6 Å². The quantitative estimate of drug-likeness (QED) is 0.00822. The molecule has 0 aliphatic carbocycles. The molecule has 3 unspecified atom stereocenters. The fraction of sp³-hybridized carbons (Fsp3) is 0.682. The third kappa shape index (κ3) is 31.5. The highest BCUT2D eigenvalue weighted by molar-refractivity contribution is 6.90. The molecule has 4 aromatic rings. The zero-order valence-electron chi connectivity index (χ0n) is 91.2. The van der Waals surface area contributed by atoms with Gasteiger partial charge in [0, 0.05) is 68.2 Å². The van der Waals surface area contributed by atoms with E-state index in [-0.39, 0.29) is 118 Å². The summed E-state index contributed by atoms with van der Waals surface area (Å²) in [6, 6.07) is 0. The van der Waals surface area contributed by atoms with E-state index in [1.54, 1.807) is 73.8 Å². The number of hydrogen-bond donors (Lipinski definition) is 8. The normalized spacial score (nSPS) is 31.4. The molecule has 4 aromatic heterocycles. The van der Waals surface area contributed by atoms with Crippen LogP contribution in [0.2, 0.25) is 32.3 Å². The van der Waals surface area contributed by atoms with E-state index in [4.69, 9.17) is 175 Å². The molecule has 0 aromatic carbocycles. The van der Waals surface area contributed by atoms with Gasteiger partial charge in [-0.2, -0.15) is 9.97 Å².